The Morgan fingerprint density at radius 2 is 1.14 bits per heavy atom. The first-order valence-corrected chi connectivity index (χ1v) is 27.3. The summed E-state index contributed by atoms with van der Waals surface area (Å²) in [4.78, 5) is 103. The largest absolute Gasteiger partial charge is 0.465 e. The fourth-order valence-corrected chi connectivity index (χ4v) is 11.6. The van der Waals surface area contributed by atoms with Crippen molar-refractivity contribution in [3.05, 3.63) is 180 Å². The van der Waals surface area contributed by atoms with E-state index in [1.807, 2.05) is 50.2 Å². The Hall–Kier alpha value is -8.95. The average Bonchev–Trinajstić information content (AvgIpc) is 4.38. The van der Waals surface area contributed by atoms with Gasteiger partial charge in [-0.2, -0.15) is 10.2 Å². The van der Waals surface area contributed by atoms with Crippen LogP contribution in [-0.4, -0.2) is 116 Å². The molecule has 1 fully saturated rings. The number of fused-ring (bicyclic) bond motifs is 4. The van der Waals surface area contributed by atoms with Crippen LogP contribution in [0.4, 0.5) is 5.69 Å². The highest BCUT2D eigenvalue weighted by Crippen LogP contribution is 2.36. The number of ether oxygens (including phenoxy) is 1. The van der Waals surface area contributed by atoms with Crippen molar-refractivity contribution in [3.8, 4) is 0 Å². The molecule has 1 saturated heterocycles. The minimum atomic E-state index is -0.466. The molecule has 410 valence electrons. The third kappa shape index (κ3) is 11.3. The molecule has 0 spiro atoms. The van der Waals surface area contributed by atoms with Crippen molar-refractivity contribution in [2.45, 2.75) is 78.6 Å². The summed E-state index contributed by atoms with van der Waals surface area (Å²) in [5.74, 6) is -1.94. The van der Waals surface area contributed by atoms with Crippen molar-refractivity contribution in [3.63, 3.8) is 0 Å². The lowest BCUT2D eigenvalue weighted by Gasteiger charge is -2.34. The number of rotatable bonds is 14. The monoisotopic (exact) mass is 1100 g/mol. The molecule has 8 aromatic rings. The van der Waals surface area contributed by atoms with Crippen LogP contribution in [0.15, 0.2) is 96.6 Å². The van der Waals surface area contributed by atoms with Gasteiger partial charge in [-0.3, -0.25) is 28.8 Å². The van der Waals surface area contributed by atoms with E-state index in [0.29, 0.717) is 34.7 Å². The number of likely N-dealkylation sites (N-methyl/N-ethyl adjacent to an activating group) is 1. The average molecular weight is 1100 g/mol. The number of carbonyl (C=O) groups is 7. The second-order valence-electron chi connectivity index (χ2n) is 20.2. The van der Waals surface area contributed by atoms with Gasteiger partial charge in [-0.25, -0.2) is 23.8 Å². The van der Waals surface area contributed by atoms with Gasteiger partial charge in [0.15, 0.2) is 22.9 Å². The highest BCUT2D eigenvalue weighted by atomic mass is 32.1. The summed E-state index contributed by atoms with van der Waals surface area (Å²) in [6.45, 7) is 11.5. The van der Waals surface area contributed by atoms with Crippen LogP contribution in [-0.2, 0) is 30.7 Å². The van der Waals surface area contributed by atoms with Crippen molar-refractivity contribution in [2.24, 2.45) is 0 Å². The number of ketones is 2. The Balaban J connectivity index is 0.000000181. The molecule has 3 aliphatic rings. The third-order valence-corrected chi connectivity index (χ3v) is 16.1. The molecule has 0 bridgehead atoms. The summed E-state index contributed by atoms with van der Waals surface area (Å²) in [7, 11) is 3.45. The van der Waals surface area contributed by atoms with E-state index in [1.54, 1.807) is 43.6 Å². The quantitative estimate of drug-likeness (QED) is 0.0649. The second kappa shape index (κ2) is 23.2. The SMILES string of the molecule is CC(=O)c1ccc2c(c1C)CC[C@@H]2NC(=O)c1cc(C(=O)NCc2cccc(N3CCN(C)CC3)c2)nc2ccnn12.COC(=O)c1cc(CNC(=O)c2cc(C(=O)N[C@H]3CCc4c3ccc(C(C)=O)c4C)n3nccc3n2)cs1. The van der Waals surface area contributed by atoms with Gasteiger partial charge in [0.05, 0.1) is 31.6 Å². The molecule has 2 atom stereocenters. The van der Waals surface area contributed by atoms with Crippen molar-refractivity contribution >= 4 is 69.5 Å². The molecule has 5 aromatic heterocycles. The summed E-state index contributed by atoms with van der Waals surface area (Å²) in [6.07, 6.45) is 6.05. The molecule has 11 rings (SSSR count). The van der Waals surface area contributed by atoms with Crippen molar-refractivity contribution in [1.82, 2.24) is 55.4 Å². The summed E-state index contributed by atoms with van der Waals surface area (Å²) in [6, 6.07) is 23.1. The van der Waals surface area contributed by atoms with Gasteiger partial charge in [-0.1, -0.05) is 36.4 Å². The summed E-state index contributed by atoms with van der Waals surface area (Å²) >= 11 is 1.23. The molecule has 20 nitrogen and oxygen atoms in total. The van der Waals surface area contributed by atoms with Crippen LogP contribution in [0.3, 0.4) is 0 Å². The van der Waals surface area contributed by atoms with E-state index in [-0.39, 0.29) is 70.7 Å². The zero-order chi connectivity index (χ0) is 56.4. The molecule has 0 radical (unpaired) electrons. The topological polar surface area (TPSA) is 244 Å². The van der Waals surface area contributed by atoms with E-state index in [0.717, 1.165) is 101 Å². The maximum Gasteiger partial charge on any atom is 0.348 e. The molecule has 3 aromatic carbocycles. The summed E-state index contributed by atoms with van der Waals surface area (Å²) in [5.41, 5.74) is 11.9. The fourth-order valence-electron chi connectivity index (χ4n) is 10.8. The van der Waals surface area contributed by atoms with Crippen molar-refractivity contribution in [1.29, 1.82) is 0 Å². The Bertz CT molecular complexity index is 3780. The fraction of sp³-hybridized carbons (Fsp3) is 0.305. The Kier molecular flexibility index (Phi) is 15.8. The summed E-state index contributed by atoms with van der Waals surface area (Å²) < 4.78 is 7.56. The number of esters is 1. The highest BCUT2D eigenvalue weighted by molar-refractivity contribution is 7.12. The number of benzene rings is 3. The normalized spacial score (nSPS) is 15.6. The number of aromatic nitrogens is 6. The number of nitrogens with zero attached hydrogens (tertiary/aromatic N) is 8. The zero-order valence-corrected chi connectivity index (χ0v) is 46.0. The van der Waals surface area contributed by atoms with Gasteiger partial charge in [0, 0.05) is 80.3 Å². The van der Waals surface area contributed by atoms with Gasteiger partial charge < -0.3 is 35.8 Å². The predicted molar refractivity (Wildman–Crippen MR) is 300 cm³/mol. The molecule has 6 heterocycles. The number of nitrogens with one attached hydrogen (secondary N) is 4. The first-order valence-electron chi connectivity index (χ1n) is 26.4. The number of amides is 4. The van der Waals surface area contributed by atoms with Crippen LogP contribution in [0, 0.1) is 13.8 Å². The lowest BCUT2D eigenvalue weighted by molar-refractivity contribution is 0.0605. The number of thiophene rings is 1. The predicted octanol–water partition coefficient (Wildman–Crippen LogP) is 6.78. The maximum absolute atomic E-state index is 13.6. The van der Waals surface area contributed by atoms with Crippen LogP contribution < -0.4 is 26.2 Å². The van der Waals surface area contributed by atoms with Gasteiger partial charge in [-0.15, -0.1) is 11.3 Å². The number of hydrogen-bond acceptors (Lipinski definition) is 15. The number of Topliss-reactive ketones (excluding diaryl/α,β-unsaturated/α-hetero) is 2. The number of methoxy groups -OCH3 is 1. The van der Waals surface area contributed by atoms with E-state index in [2.05, 4.69) is 70.4 Å². The van der Waals surface area contributed by atoms with E-state index in [4.69, 9.17) is 4.74 Å². The Labute approximate surface area is 464 Å². The number of carbonyl (C=O) groups excluding carboxylic acids is 7. The van der Waals surface area contributed by atoms with Gasteiger partial charge in [-0.05, 0) is 129 Å². The molecular formula is C59H60N12O8S. The number of hydrogen-bond donors (Lipinski definition) is 4. The van der Waals surface area contributed by atoms with Crippen LogP contribution in [0.5, 0.6) is 0 Å². The molecule has 4 N–H and O–H groups in total. The molecule has 21 heteroatoms. The molecule has 2 aliphatic carbocycles. The molecular weight excluding hydrogens is 1040 g/mol. The van der Waals surface area contributed by atoms with Crippen LogP contribution >= 0.6 is 11.3 Å². The minimum Gasteiger partial charge on any atom is -0.465 e. The molecule has 4 amide bonds. The Morgan fingerprint density at radius 3 is 1.64 bits per heavy atom. The molecule has 1 aliphatic heterocycles. The smallest absolute Gasteiger partial charge is 0.348 e. The van der Waals surface area contributed by atoms with Gasteiger partial charge in [0.1, 0.15) is 27.7 Å². The summed E-state index contributed by atoms with van der Waals surface area (Å²) in [5, 5.41) is 22.2. The second-order valence-corrected chi connectivity index (χ2v) is 21.2. The number of piperazine rings is 1. The van der Waals surface area contributed by atoms with E-state index in [9.17, 15) is 33.6 Å². The first kappa shape index (κ1) is 54.4. The van der Waals surface area contributed by atoms with Crippen LogP contribution in [0.2, 0.25) is 0 Å². The zero-order valence-electron chi connectivity index (χ0n) is 45.2. The Morgan fingerprint density at radius 1 is 0.625 bits per heavy atom. The maximum atomic E-state index is 13.6. The van der Waals surface area contributed by atoms with Crippen molar-refractivity contribution < 1.29 is 38.3 Å². The van der Waals surface area contributed by atoms with E-state index >= 15 is 0 Å². The van der Waals surface area contributed by atoms with Gasteiger partial charge in [0.2, 0.25) is 0 Å². The van der Waals surface area contributed by atoms with Crippen molar-refractivity contribution in [2.75, 3.05) is 45.2 Å². The van der Waals surface area contributed by atoms with E-state index in [1.165, 1.54) is 45.8 Å². The lowest BCUT2D eigenvalue weighted by Crippen LogP contribution is -2.44. The lowest BCUT2D eigenvalue weighted by atomic mass is 9.96. The first-order chi connectivity index (χ1) is 38.5. The molecule has 0 saturated carbocycles. The molecule has 0 unspecified atom stereocenters. The number of anilines is 1. The van der Waals surface area contributed by atoms with E-state index < -0.39 is 11.9 Å². The minimum absolute atomic E-state index is 0.0179. The van der Waals surface area contributed by atoms with Crippen LogP contribution in [0.25, 0.3) is 11.3 Å². The third-order valence-electron chi connectivity index (χ3n) is 15.1. The highest BCUT2D eigenvalue weighted by Gasteiger charge is 2.31. The van der Waals surface area contributed by atoms with Gasteiger partial charge >= 0.3 is 5.97 Å². The standard InChI is InChI=1S/C32H35N7O3.C27H25N5O5S/c1-20-24(21(2)40)7-8-26-25(20)9-10-27(26)36-32(42)29-18-28(35-30-11-12-34-39(29)30)31(41)33-19-22-5-4-6-23(17-22)38-15-13-37(3)14-16-38;1-14-17(15(2)33)4-5-19-18(14)6-7-20(19)31-26(35)22-11-21(30-24-8-9-29-32(22)24)25(34)28-12-16-10-23(38-13-16)27(36)37-3/h4-8,11-12,17-18,27H,9-10,13-16,19H2,1-3H3,(H,33,41)(H,36,42);4-5,8-11,13,20H,6-7,12H2,1-3H3,(H,28,34)(H,31,35)/t27-;20-/m00/s1. The molecule has 80 heavy (non-hydrogen) atoms. The van der Waals surface area contributed by atoms with Crippen LogP contribution in [0.1, 0.15) is 156 Å². The van der Waals surface area contributed by atoms with Gasteiger partial charge in [0.25, 0.3) is 23.6 Å².